The number of nitrogens with zero attached hydrogens (tertiary/aromatic N) is 5. The second-order valence-electron chi connectivity index (χ2n) is 7.17. The molecule has 1 aliphatic rings. The minimum Gasteiger partial charge on any atom is -0.474 e. The molecule has 27 heavy (non-hydrogen) atoms. The van der Waals surface area contributed by atoms with Gasteiger partial charge in [0.15, 0.2) is 5.89 Å². The van der Waals surface area contributed by atoms with Gasteiger partial charge in [-0.1, -0.05) is 0 Å². The lowest BCUT2D eigenvalue weighted by Crippen LogP contribution is -2.46. The Kier molecular flexibility index (Phi) is 4.94. The smallest absolute Gasteiger partial charge is 0.224 e. The normalized spacial score (nSPS) is 15.6. The lowest BCUT2D eigenvalue weighted by atomic mass is 10.2. The van der Waals surface area contributed by atoms with Crippen LogP contribution in [0.4, 0.5) is 5.69 Å². The molecule has 0 saturated carbocycles. The van der Waals surface area contributed by atoms with Crippen molar-refractivity contribution in [1.29, 1.82) is 0 Å². The Hall–Kier alpha value is -2.67. The first-order valence-electron chi connectivity index (χ1n) is 9.38. The van der Waals surface area contributed by atoms with Crippen molar-refractivity contribution in [2.45, 2.75) is 33.4 Å². The molecule has 4 rings (SSSR count). The van der Waals surface area contributed by atoms with Gasteiger partial charge in [-0.25, -0.2) is 15.0 Å². The second kappa shape index (κ2) is 7.52. The second-order valence-corrected chi connectivity index (χ2v) is 7.17. The molecule has 0 spiro atoms. The largest absolute Gasteiger partial charge is 0.474 e. The fraction of sp³-hybridized carbons (Fsp3) is 0.450. The maximum atomic E-state index is 5.86. The lowest BCUT2D eigenvalue weighted by Gasteiger charge is -2.35. The molecule has 3 heterocycles. The van der Waals surface area contributed by atoms with Crippen molar-refractivity contribution in [3.8, 4) is 5.88 Å². The molecule has 3 aromatic rings. The van der Waals surface area contributed by atoms with E-state index in [1.54, 1.807) is 12.6 Å². The van der Waals surface area contributed by atoms with Gasteiger partial charge in [0.1, 0.15) is 12.6 Å². The van der Waals surface area contributed by atoms with Gasteiger partial charge in [-0.05, 0) is 32.0 Å². The van der Waals surface area contributed by atoms with Gasteiger partial charge in [0.2, 0.25) is 5.88 Å². The SMILES string of the molecule is Cc1nc(CN2CCN(c3ccc4ncnc(OC(C)C)c4c3)CC2)co1. The minimum atomic E-state index is 0.0791. The zero-order chi connectivity index (χ0) is 18.8. The van der Waals surface area contributed by atoms with E-state index in [0.29, 0.717) is 5.88 Å². The highest BCUT2D eigenvalue weighted by Gasteiger charge is 2.19. The average Bonchev–Trinajstić information content (AvgIpc) is 3.07. The number of hydrogen-bond donors (Lipinski definition) is 0. The number of aryl methyl sites for hydroxylation is 1. The molecule has 0 unspecified atom stereocenters. The summed E-state index contributed by atoms with van der Waals surface area (Å²) in [6, 6.07) is 6.32. The summed E-state index contributed by atoms with van der Waals surface area (Å²) in [6.07, 6.45) is 3.39. The van der Waals surface area contributed by atoms with E-state index in [1.807, 2.05) is 26.8 Å². The van der Waals surface area contributed by atoms with Crippen LogP contribution < -0.4 is 9.64 Å². The Morgan fingerprint density at radius 3 is 2.67 bits per heavy atom. The first-order valence-corrected chi connectivity index (χ1v) is 9.38. The van der Waals surface area contributed by atoms with E-state index in [0.717, 1.165) is 55.2 Å². The Morgan fingerprint density at radius 1 is 1.15 bits per heavy atom. The van der Waals surface area contributed by atoms with Gasteiger partial charge in [0, 0.05) is 45.3 Å². The highest BCUT2D eigenvalue weighted by molar-refractivity contribution is 5.86. The third kappa shape index (κ3) is 4.03. The number of piperazine rings is 1. The maximum absolute atomic E-state index is 5.86. The van der Waals surface area contributed by atoms with E-state index in [1.165, 1.54) is 5.69 Å². The molecule has 1 saturated heterocycles. The number of hydrogen-bond acceptors (Lipinski definition) is 7. The van der Waals surface area contributed by atoms with Crippen LogP contribution in [0.15, 0.2) is 35.2 Å². The van der Waals surface area contributed by atoms with Crippen LogP contribution in [-0.2, 0) is 6.54 Å². The van der Waals surface area contributed by atoms with Gasteiger partial charge in [0.05, 0.1) is 22.7 Å². The van der Waals surface area contributed by atoms with E-state index in [9.17, 15) is 0 Å². The van der Waals surface area contributed by atoms with Gasteiger partial charge in [0.25, 0.3) is 0 Å². The van der Waals surface area contributed by atoms with Crippen LogP contribution in [0.3, 0.4) is 0 Å². The molecule has 7 heteroatoms. The fourth-order valence-corrected chi connectivity index (χ4v) is 3.41. The monoisotopic (exact) mass is 367 g/mol. The van der Waals surface area contributed by atoms with E-state index < -0.39 is 0 Å². The molecule has 0 aliphatic carbocycles. The Labute approximate surface area is 159 Å². The molecule has 0 N–H and O–H groups in total. The van der Waals surface area contributed by atoms with Gasteiger partial charge < -0.3 is 14.1 Å². The van der Waals surface area contributed by atoms with Crippen LogP contribution in [0, 0.1) is 6.92 Å². The highest BCUT2D eigenvalue weighted by Crippen LogP contribution is 2.28. The van der Waals surface area contributed by atoms with E-state index in [4.69, 9.17) is 9.15 Å². The molecule has 1 fully saturated rings. The van der Waals surface area contributed by atoms with Crippen LogP contribution in [0.1, 0.15) is 25.4 Å². The minimum absolute atomic E-state index is 0.0791. The Bertz CT molecular complexity index is 916. The third-order valence-electron chi connectivity index (χ3n) is 4.72. The van der Waals surface area contributed by atoms with Gasteiger partial charge in [-0.15, -0.1) is 0 Å². The van der Waals surface area contributed by atoms with Gasteiger partial charge >= 0.3 is 0 Å². The fourth-order valence-electron chi connectivity index (χ4n) is 3.41. The molecule has 1 aliphatic heterocycles. The topological polar surface area (TPSA) is 67.5 Å². The average molecular weight is 367 g/mol. The van der Waals surface area contributed by atoms with Crippen molar-refractivity contribution in [3.05, 3.63) is 42.4 Å². The Morgan fingerprint density at radius 2 is 1.96 bits per heavy atom. The summed E-state index contributed by atoms with van der Waals surface area (Å²) in [5, 5.41) is 0.962. The first-order chi connectivity index (χ1) is 13.1. The summed E-state index contributed by atoms with van der Waals surface area (Å²) >= 11 is 0. The number of benzene rings is 1. The molecule has 0 atom stereocenters. The predicted octanol–water partition coefficient (Wildman–Crippen LogP) is 3.04. The van der Waals surface area contributed by atoms with Crippen LogP contribution in [0.2, 0.25) is 0 Å². The summed E-state index contributed by atoms with van der Waals surface area (Å²) in [6.45, 7) is 10.6. The summed E-state index contributed by atoms with van der Waals surface area (Å²) in [5.41, 5.74) is 3.09. The quantitative estimate of drug-likeness (QED) is 0.686. The molecule has 0 amide bonds. The summed E-state index contributed by atoms with van der Waals surface area (Å²) in [7, 11) is 0. The molecule has 142 valence electrons. The zero-order valence-electron chi connectivity index (χ0n) is 16.1. The number of anilines is 1. The zero-order valence-corrected chi connectivity index (χ0v) is 16.1. The molecule has 0 bridgehead atoms. The van der Waals surface area contributed by atoms with Crippen LogP contribution in [-0.4, -0.2) is 52.1 Å². The van der Waals surface area contributed by atoms with Gasteiger partial charge in [-0.2, -0.15) is 0 Å². The van der Waals surface area contributed by atoms with Gasteiger partial charge in [-0.3, -0.25) is 4.90 Å². The van der Waals surface area contributed by atoms with Crippen LogP contribution >= 0.6 is 0 Å². The molecule has 0 radical (unpaired) electrons. The number of oxazole rings is 1. The van der Waals surface area contributed by atoms with Crippen molar-refractivity contribution < 1.29 is 9.15 Å². The van der Waals surface area contributed by atoms with E-state index in [2.05, 4.69) is 36.9 Å². The van der Waals surface area contributed by atoms with Crippen molar-refractivity contribution in [1.82, 2.24) is 19.9 Å². The highest BCUT2D eigenvalue weighted by atomic mass is 16.5. The van der Waals surface area contributed by atoms with Crippen molar-refractivity contribution >= 4 is 16.6 Å². The maximum Gasteiger partial charge on any atom is 0.224 e. The lowest BCUT2D eigenvalue weighted by molar-refractivity contribution is 0.235. The Balaban J connectivity index is 1.47. The third-order valence-corrected chi connectivity index (χ3v) is 4.72. The predicted molar refractivity (Wildman–Crippen MR) is 104 cm³/mol. The molecule has 2 aromatic heterocycles. The summed E-state index contributed by atoms with van der Waals surface area (Å²) in [4.78, 5) is 17.9. The summed E-state index contributed by atoms with van der Waals surface area (Å²) < 4.78 is 11.2. The number of rotatable bonds is 5. The van der Waals surface area contributed by atoms with Crippen molar-refractivity contribution in [2.75, 3.05) is 31.1 Å². The van der Waals surface area contributed by atoms with Crippen molar-refractivity contribution in [3.63, 3.8) is 0 Å². The first kappa shape index (κ1) is 17.7. The van der Waals surface area contributed by atoms with Crippen LogP contribution in [0.25, 0.3) is 10.9 Å². The molecular weight excluding hydrogens is 342 g/mol. The molecule has 1 aromatic carbocycles. The summed E-state index contributed by atoms with van der Waals surface area (Å²) in [5.74, 6) is 1.37. The number of aromatic nitrogens is 3. The van der Waals surface area contributed by atoms with E-state index in [-0.39, 0.29) is 6.10 Å². The standard InChI is InChI=1S/C20H25N5O2/c1-14(2)27-20-18-10-17(4-5-19(18)21-13-22-20)25-8-6-24(7-9-25)11-16-12-26-15(3)23-16/h4-5,10,12-14H,6-9,11H2,1-3H3. The van der Waals surface area contributed by atoms with E-state index >= 15 is 0 Å². The number of fused-ring (bicyclic) bond motifs is 1. The molecule has 7 nitrogen and oxygen atoms in total. The molecular formula is C20H25N5O2. The number of ether oxygens (including phenoxy) is 1. The van der Waals surface area contributed by atoms with Crippen molar-refractivity contribution in [2.24, 2.45) is 0 Å². The van der Waals surface area contributed by atoms with Crippen LogP contribution in [0.5, 0.6) is 5.88 Å².